The Balaban J connectivity index is 2.70. The fraction of sp³-hybridized carbons (Fsp3) is 0.250. The summed E-state index contributed by atoms with van der Waals surface area (Å²) in [5.41, 5.74) is 2.09. The van der Waals surface area contributed by atoms with Gasteiger partial charge in [0.1, 0.15) is 5.75 Å². The third-order valence-electron chi connectivity index (χ3n) is 3.50. The molecule has 0 atom stereocenters. The van der Waals surface area contributed by atoms with Crippen LogP contribution in [-0.4, -0.2) is 6.61 Å². The molecule has 1 aromatic rings. The van der Waals surface area contributed by atoms with Crippen molar-refractivity contribution in [2.75, 3.05) is 0 Å². The van der Waals surface area contributed by atoms with Gasteiger partial charge < -0.3 is 10.1 Å². The van der Waals surface area contributed by atoms with Crippen LogP contribution >= 0.6 is 15.9 Å². The SMILES string of the molecule is CC1=C(C#N)C(c2cc(Br)ccc2OC(F)F)C(C#N)=C(C)N1. The summed E-state index contributed by atoms with van der Waals surface area (Å²) in [5, 5.41) is 21.9. The maximum atomic E-state index is 12.7. The Labute approximate surface area is 140 Å². The summed E-state index contributed by atoms with van der Waals surface area (Å²) < 4.78 is 30.6. The summed E-state index contributed by atoms with van der Waals surface area (Å²) in [6.45, 7) is 0.409. The Kier molecular flexibility index (Phi) is 5.02. The molecular weight excluding hydrogens is 368 g/mol. The fourth-order valence-electron chi connectivity index (χ4n) is 2.55. The molecule has 23 heavy (non-hydrogen) atoms. The molecule has 0 saturated heterocycles. The molecule has 0 bridgehead atoms. The Hall–Kier alpha value is -2.38. The minimum absolute atomic E-state index is 0.0591. The van der Waals surface area contributed by atoms with Gasteiger partial charge in [-0.25, -0.2) is 0 Å². The number of halogens is 3. The molecule has 1 aliphatic rings. The van der Waals surface area contributed by atoms with Gasteiger partial charge in [-0.15, -0.1) is 0 Å². The summed E-state index contributed by atoms with van der Waals surface area (Å²) in [6.07, 6.45) is 0. The summed E-state index contributed by atoms with van der Waals surface area (Å²) in [6, 6.07) is 8.66. The van der Waals surface area contributed by atoms with Crippen molar-refractivity contribution < 1.29 is 13.5 Å². The lowest BCUT2D eigenvalue weighted by Gasteiger charge is -2.27. The van der Waals surface area contributed by atoms with Gasteiger partial charge in [0, 0.05) is 21.4 Å². The van der Waals surface area contributed by atoms with Crippen LogP contribution in [0.2, 0.25) is 0 Å². The number of nitrogens with zero attached hydrogens (tertiary/aromatic N) is 2. The molecule has 0 amide bonds. The van der Waals surface area contributed by atoms with Crippen LogP contribution in [0.3, 0.4) is 0 Å². The van der Waals surface area contributed by atoms with E-state index in [2.05, 4.69) is 38.1 Å². The van der Waals surface area contributed by atoms with E-state index in [0.29, 0.717) is 32.6 Å². The third-order valence-corrected chi connectivity index (χ3v) is 3.99. The van der Waals surface area contributed by atoms with Crippen LogP contribution in [0.5, 0.6) is 5.75 Å². The maximum absolute atomic E-state index is 12.7. The molecule has 0 radical (unpaired) electrons. The van der Waals surface area contributed by atoms with Crippen molar-refractivity contribution in [3.63, 3.8) is 0 Å². The second-order valence-electron chi connectivity index (χ2n) is 4.92. The van der Waals surface area contributed by atoms with E-state index in [1.807, 2.05) is 0 Å². The van der Waals surface area contributed by atoms with Gasteiger partial charge in [-0.05, 0) is 32.0 Å². The van der Waals surface area contributed by atoms with E-state index >= 15 is 0 Å². The largest absolute Gasteiger partial charge is 0.435 e. The molecule has 1 aromatic carbocycles. The van der Waals surface area contributed by atoms with Gasteiger partial charge >= 0.3 is 6.61 Å². The van der Waals surface area contributed by atoms with Gasteiger partial charge in [0.05, 0.1) is 29.2 Å². The zero-order valence-electron chi connectivity index (χ0n) is 12.3. The number of rotatable bonds is 3. The molecule has 0 aromatic heterocycles. The van der Waals surface area contributed by atoms with E-state index in [1.54, 1.807) is 26.0 Å². The lowest BCUT2D eigenvalue weighted by atomic mass is 9.81. The number of hydrogen-bond donors (Lipinski definition) is 1. The fourth-order valence-corrected chi connectivity index (χ4v) is 2.93. The first kappa shape index (κ1) is 17.0. The predicted octanol–water partition coefficient (Wildman–Crippen LogP) is 4.33. The normalized spacial score (nSPS) is 15.3. The monoisotopic (exact) mass is 379 g/mol. The number of hydrogen-bond acceptors (Lipinski definition) is 4. The summed E-state index contributed by atoms with van der Waals surface area (Å²) >= 11 is 3.29. The van der Waals surface area contributed by atoms with Gasteiger partial charge in [0.2, 0.25) is 0 Å². The number of nitriles is 2. The highest BCUT2D eigenvalue weighted by Crippen LogP contribution is 2.42. The predicted molar refractivity (Wildman–Crippen MR) is 83.3 cm³/mol. The minimum atomic E-state index is -3.00. The van der Waals surface area contributed by atoms with E-state index in [4.69, 9.17) is 0 Å². The number of dihydropyridines is 1. The molecule has 0 aliphatic carbocycles. The first-order chi connectivity index (χ1) is 10.9. The molecule has 0 spiro atoms. The molecule has 0 unspecified atom stereocenters. The molecular formula is C16H12BrF2N3O. The van der Waals surface area contributed by atoms with Crippen LogP contribution in [0, 0.1) is 22.7 Å². The molecule has 118 valence electrons. The Morgan fingerprint density at radius 1 is 1.17 bits per heavy atom. The topological polar surface area (TPSA) is 68.8 Å². The zero-order valence-corrected chi connectivity index (χ0v) is 13.9. The molecule has 0 saturated carbocycles. The van der Waals surface area contributed by atoms with E-state index in [0.717, 1.165) is 0 Å². The van der Waals surface area contributed by atoms with E-state index in [-0.39, 0.29) is 5.75 Å². The Bertz CT molecular complexity index is 751. The van der Waals surface area contributed by atoms with Gasteiger partial charge in [0.25, 0.3) is 0 Å². The van der Waals surface area contributed by atoms with E-state index in [9.17, 15) is 19.3 Å². The van der Waals surface area contributed by atoms with Crippen LogP contribution in [-0.2, 0) is 0 Å². The van der Waals surface area contributed by atoms with Gasteiger partial charge in [-0.3, -0.25) is 0 Å². The standard InChI is InChI=1S/C16H12BrF2N3O/c1-8-12(6-20)15(13(7-21)9(2)22-8)11-5-10(17)3-4-14(11)23-16(18)19/h3-5,15-16,22H,1-2H3. The van der Waals surface area contributed by atoms with Crippen molar-refractivity contribution in [2.45, 2.75) is 26.4 Å². The first-order valence-electron chi connectivity index (χ1n) is 6.62. The first-order valence-corrected chi connectivity index (χ1v) is 7.41. The van der Waals surface area contributed by atoms with Crippen molar-refractivity contribution in [1.29, 1.82) is 10.5 Å². The Morgan fingerprint density at radius 2 is 1.74 bits per heavy atom. The average Bonchev–Trinajstić information content (AvgIpc) is 2.48. The van der Waals surface area contributed by atoms with Crippen molar-refractivity contribution >= 4 is 15.9 Å². The van der Waals surface area contributed by atoms with Crippen molar-refractivity contribution in [1.82, 2.24) is 5.32 Å². The second-order valence-corrected chi connectivity index (χ2v) is 5.84. The molecule has 0 fully saturated rings. The molecule has 7 heteroatoms. The summed E-state index contributed by atoms with van der Waals surface area (Å²) in [4.78, 5) is 0. The van der Waals surface area contributed by atoms with Gasteiger partial charge in [0.15, 0.2) is 0 Å². The number of nitrogens with one attached hydrogen (secondary N) is 1. The third kappa shape index (κ3) is 3.35. The number of alkyl halides is 2. The highest BCUT2D eigenvalue weighted by atomic mass is 79.9. The lowest BCUT2D eigenvalue weighted by Crippen LogP contribution is -2.24. The van der Waals surface area contributed by atoms with Crippen molar-refractivity contribution in [3.05, 3.63) is 50.8 Å². The molecule has 1 aliphatic heterocycles. The summed E-state index contributed by atoms with van der Waals surface area (Å²) in [7, 11) is 0. The molecule has 4 nitrogen and oxygen atoms in total. The lowest BCUT2D eigenvalue weighted by molar-refractivity contribution is -0.0505. The molecule has 1 heterocycles. The molecule has 2 rings (SSSR count). The highest BCUT2D eigenvalue weighted by Gasteiger charge is 2.32. The summed E-state index contributed by atoms with van der Waals surface area (Å²) in [5.74, 6) is -0.811. The van der Waals surface area contributed by atoms with Gasteiger partial charge in [-0.1, -0.05) is 15.9 Å². The number of allylic oxidation sites excluding steroid dienone is 4. The molecule has 1 N–H and O–H groups in total. The second kappa shape index (κ2) is 6.80. The quantitative estimate of drug-likeness (QED) is 0.848. The van der Waals surface area contributed by atoms with Crippen LogP contribution in [0.15, 0.2) is 45.2 Å². The van der Waals surface area contributed by atoms with Crippen LogP contribution in [0.25, 0.3) is 0 Å². The number of ether oxygens (including phenoxy) is 1. The Morgan fingerprint density at radius 3 is 2.22 bits per heavy atom. The van der Waals surface area contributed by atoms with Crippen LogP contribution in [0.1, 0.15) is 25.3 Å². The van der Waals surface area contributed by atoms with Crippen LogP contribution < -0.4 is 10.1 Å². The van der Waals surface area contributed by atoms with Gasteiger partial charge in [-0.2, -0.15) is 19.3 Å². The minimum Gasteiger partial charge on any atom is -0.435 e. The van der Waals surface area contributed by atoms with Crippen molar-refractivity contribution in [3.8, 4) is 17.9 Å². The van der Waals surface area contributed by atoms with Crippen molar-refractivity contribution in [2.24, 2.45) is 0 Å². The zero-order chi connectivity index (χ0) is 17.1. The average molecular weight is 380 g/mol. The van der Waals surface area contributed by atoms with E-state index in [1.165, 1.54) is 6.07 Å². The number of benzene rings is 1. The van der Waals surface area contributed by atoms with Crippen LogP contribution in [0.4, 0.5) is 8.78 Å². The van der Waals surface area contributed by atoms with E-state index < -0.39 is 12.5 Å². The smallest absolute Gasteiger partial charge is 0.387 e. The maximum Gasteiger partial charge on any atom is 0.387 e. The highest BCUT2D eigenvalue weighted by molar-refractivity contribution is 9.10.